The van der Waals surface area contributed by atoms with E-state index in [0.717, 1.165) is 19.4 Å². The summed E-state index contributed by atoms with van der Waals surface area (Å²) in [6.07, 6.45) is 3.53. The molecule has 0 heterocycles. The summed E-state index contributed by atoms with van der Waals surface area (Å²) in [5, 5.41) is 7.82. The third-order valence-electron chi connectivity index (χ3n) is 3.83. The maximum atomic E-state index is 11.7. The normalized spacial score (nSPS) is 18.9. The molecule has 0 saturated heterocycles. The minimum atomic E-state index is -0.473. The average molecular weight is 256 g/mol. The Kier molecular flexibility index (Phi) is 5.10. The third-order valence-corrected chi connectivity index (χ3v) is 3.83. The van der Waals surface area contributed by atoms with E-state index in [0.29, 0.717) is 0 Å². The standard InChI is InChI=1S/C12H24N4O2/c1-9(10(17)15-11(18)13-2)14-8-12(16(3)4)6-5-7-12/h9,14H,5-8H2,1-4H3,(H2,13,15,17,18). The van der Waals surface area contributed by atoms with Crippen molar-refractivity contribution in [3.8, 4) is 0 Å². The van der Waals surface area contributed by atoms with Gasteiger partial charge >= 0.3 is 6.03 Å². The molecule has 104 valence electrons. The van der Waals surface area contributed by atoms with Gasteiger partial charge in [0.25, 0.3) is 0 Å². The number of amides is 3. The van der Waals surface area contributed by atoms with Gasteiger partial charge in [-0.05, 0) is 40.3 Å². The first-order valence-electron chi connectivity index (χ1n) is 6.35. The maximum absolute atomic E-state index is 11.7. The van der Waals surface area contributed by atoms with Crippen LogP contribution in [-0.4, -0.2) is 56.1 Å². The Morgan fingerprint density at radius 2 is 1.94 bits per heavy atom. The molecule has 0 aromatic heterocycles. The molecule has 0 bridgehead atoms. The van der Waals surface area contributed by atoms with Crippen LogP contribution in [0.3, 0.4) is 0 Å². The van der Waals surface area contributed by atoms with Crippen LogP contribution in [0.15, 0.2) is 0 Å². The summed E-state index contributed by atoms with van der Waals surface area (Å²) >= 11 is 0. The van der Waals surface area contributed by atoms with E-state index in [-0.39, 0.29) is 17.5 Å². The van der Waals surface area contributed by atoms with Crippen molar-refractivity contribution in [2.24, 2.45) is 0 Å². The van der Waals surface area contributed by atoms with Crippen LogP contribution in [0.1, 0.15) is 26.2 Å². The molecule has 6 nitrogen and oxygen atoms in total. The number of carbonyl (C=O) groups excluding carboxylic acids is 2. The summed E-state index contributed by atoms with van der Waals surface area (Å²) in [6.45, 7) is 2.53. The van der Waals surface area contributed by atoms with E-state index in [1.165, 1.54) is 13.5 Å². The number of carbonyl (C=O) groups is 2. The SMILES string of the molecule is CNC(=O)NC(=O)C(C)NCC1(N(C)C)CCC1. The van der Waals surface area contributed by atoms with Gasteiger partial charge in [-0.3, -0.25) is 10.1 Å². The molecule has 3 N–H and O–H groups in total. The van der Waals surface area contributed by atoms with E-state index < -0.39 is 6.03 Å². The quantitative estimate of drug-likeness (QED) is 0.642. The minimum absolute atomic E-state index is 0.168. The van der Waals surface area contributed by atoms with E-state index in [9.17, 15) is 9.59 Å². The average Bonchev–Trinajstić information content (AvgIpc) is 2.26. The third kappa shape index (κ3) is 3.43. The first-order chi connectivity index (χ1) is 8.41. The lowest BCUT2D eigenvalue weighted by molar-refractivity contribution is -0.121. The number of hydrogen-bond donors (Lipinski definition) is 3. The van der Waals surface area contributed by atoms with Crippen LogP contribution in [0.5, 0.6) is 0 Å². The molecule has 1 unspecified atom stereocenters. The fourth-order valence-corrected chi connectivity index (χ4v) is 2.09. The second kappa shape index (κ2) is 6.15. The van der Waals surface area contributed by atoms with Crippen LogP contribution in [-0.2, 0) is 4.79 Å². The van der Waals surface area contributed by atoms with Gasteiger partial charge in [0, 0.05) is 19.1 Å². The lowest BCUT2D eigenvalue weighted by Gasteiger charge is -2.48. The molecular formula is C12H24N4O2. The lowest BCUT2D eigenvalue weighted by atomic mass is 9.75. The van der Waals surface area contributed by atoms with Crippen LogP contribution in [0.4, 0.5) is 4.79 Å². The van der Waals surface area contributed by atoms with Crippen molar-refractivity contribution < 1.29 is 9.59 Å². The molecule has 1 saturated carbocycles. The smallest absolute Gasteiger partial charge is 0.321 e. The molecular weight excluding hydrogens is 232 g/mol. The van der Waals surface area contributed by atoms with Crippen molar-refractivity contribution in [3.63, 3.8) is 0 Å². The number of urea groups is 1. The highest BCUT2D eigenvalue weighted by molar-refractivity contribution is 5.96. The zero-order valence-electron chi connectivity index (χ0n) is 11.7. The van der Waals surface area contributed by atoms with Crippen LogP contribution in [0.2, 0.25) is 0 Å². The predicted octanol–water partition coefficient (Wildman–Crippen LogP) is -0.0956. The Labute approximate surface area is 108 Å². The number of nitrogens with one attached hydrogen (secondary N) is 3. The van der Waals surface area contributed by atoms with E-state index in [2.05, 4.69) is 34.9 Å². The van der Waals surface area contributed by atoms with Crippen LogP contribution in [0, 0.1) is 0 Å². The molecule has 0 aromatic carbocycles. The highest BCUT2D eigenvalue weighted by Crippen LogP contribution is 2.35. The van der Waals surface area contributed by atoms with Crippen molar-refractivity contribution in [2.45, 2.75) is 37.8 Å². The van der Waals surface area contributed by atoms with Gasteiger partial charge in [-0.1, -0.05) is 0 Å². The Bertz CT molecular complexity index is 313. The van der Waals surface area contributed by atoms with Gasteiger partial charge in [0.15, 0.2) is 0 Å². The van der Waals surface area contributed by atoms with Gasteiger partial charge in [-0.25, -0.2) is 4.79 Å². The van der Waals surface area contributed by atoms with Gasteiger partial charge in [0.1, 0.15) is 0 Å². The molecule has 0 radical (unpaired) electrons. The Hall–Kier alpha value is -1.14. The molecule has 1 aliphatic rings. The van der Waals surface area contributed by atoms with Crippen LogP contribution in [0.25, 0.3) is 0 Å². The van der Waals surface area contributed by atoms with Gasteiger partial charge in [0.05, 0.1) is 6.04 Å². The summed E-state index contributed by atoms with van der Waals surface area (Å²) in [5.74, 6) is -0.303. The zero-order valence-corrected chi connectivity index (χ0v) is 11.7. The molecule has 0 spiro atoms. The zero-order chi connectivity index (χ0) is 13.8. The number of likely N-dealkylation sites (N-methyl/N-ethyl adjacent to an activating group) is 1. The fraction of sp³-hybridized carbons (Fsp3) is 0.833. The largest absolute Gasteiger partial charge is 0.341 e. The number of imide groups is 1. The summed E-state index contributed by atoms with van der Waals surface area (Å²) in [7, 11) is 5.61. The molecule has 6 heteroatoms. The molecule has 1 aliphatic carbocycles. The van der Waals surface area contributed by atoms with Gasteiger partial charge in [-0.2, -0.15) is 0 Å². The van der Waals surface area contributed by atoms with Gasteiger partial charge in [0.2, 0.25) is 5.91 Å². The lowest BCUT2D eigenvalue weighted by Crippen LogP contribution is -2.59. The first-order valence-corrected chi connectivity index (χ1v) is 6.35. The van der Waals surface area contributed by atoms with Crippen molar-refractivity contribution in [2.75, 3.05) is 27.7 Å². The summed E-state index contributed by atoms with van der Waals surface area (Å²) in [6, 6.07) is -0.848. The molecule has 18 heavy (non-hydrogen) atoms. The van der Waals surface area contributed by atoms with E-state index in [1.807, 2.05) is 0 Å². The molecule has 1 atom stereocenters. The molecule has 0 aromatic rings. The van der Waals surface area contributed by atoms with Crippen molar-refractivity contribution >= 4 is 11.9 Å². The minimum Gasteiger partial charge on any atom is -0.341 e. The topological polar surface area (TPSA) is 73.5 Å². The van der Waals surface area contributed by atoms with Crippen LogP contribution >= 0.6 is 0 Å². The molecule has 3 amide bonds. The second-order valence-corrected chi connectivity index (χ2v) is 5.14. The van der Waals surface area contributed by atoms with E-state index in [1.54, 1.807) is 6.92 Å². The Morgan fingerprint density at radius 3 is 2.33 bits per heavy atom. The number of nitrogens with zero attached hydrogens (tertiary/aromatic N) is 1. The Morgan fingerprint density at radius 1 is 1.33 bits per heavy atom. The monoisotopic (exact) mass is 256 g/mol. The molecule has 0 aliphatic heterocycles. The maximum Gasteiger partial charge on any atom is 0.321 e. The second-order valence-electron chi connectivity index (χ2n) is 5.14. The first kappa shape index (κ1) is 14.9. The van der Waals surface area contributed by atoms with Gasteiger partial charge < -0.3 is 15.5 Å². The van der Waals surface area contributed by atoms with Crippen LogP contribution < -0.4 is 16.0 Å². The highest BCUT2D eigenvalue weighted by Gasteiger charge is 2.39. The summed E-state index contributed by atoms with van der Waals surface area (Å²) in [5.41, 5.74) is 0.168. The number of hydrogen-bond acceptors (Lipinski definition) is 4. The summed E-state index contributed by atoms with van der Waals surface area (Å²) in [4.78, 5) is 24.9. The fourth-order valence-electron chi connectivity index (χ4n) is 2.09. The Balaban J connectivity index is 2.38. The number of rotatable bonds is 5. The van der Waals surface area contributed by atoms with E-state index >= 15 is 0 Å². The van der Waals surface area contributed by atoms with Gasteiger partial charge in [-0.15, -0.1) is 0 Å². The highest BCUT2D eigenvalue weighted by atomic mass is 16.2. The molecule has 1 fully saturated rings. The van der Waals surface area contributed by atoms with Crippen molar-refractivity contribution in [1.82, 2.24) is 20.9 Å². The predicted molar refractivity (Wildman–Crippen MR) is 70.3 cm³/mol. The van der Waals surface area contributed by atoms with Crippen molar-refractivity contribution in [3.05, 3.63) is 0 Å². The molecule has 1 rings (SSSR count). The van der Waals surface area contributed by atoms with E-state index in [4.69, 9.17) is 0 Å². The summed E-state index contributed by atoms with van der Waals surface area (Å²) < 4.78 is 0. The van der Waals surface area contributed by atoms with Crippen molar-refractivity contribution in [1.29, 1.82) is 0 Å².